The number of hydrogen-bond acceptors (Lipinski definition) is 3. The zero-order valence-corrected chi connectivity index (χ0v) is 13.6. The number of rotatable bonds is 8. The molecule has 3 heteroatoms. The molecule has 0 bridgehead atoms. The molecule has 0 radical (unpaired) electrons. The van der Waals surface area contributed by atoms with Gasteiger partial charge in [0.05, 0.1) is 19.8 Å². The number of ether oxygens (including phenoxy) is 2. The first kappa shape index (κ1) is 19.0. The zero-order valence-electron chi connectivity index (χ0n) is 13.6. The maximum absolute atomic E-state index is 5.40. The van der Waals surface area contributed by atoms with Gasteiger partial charge in [0, 0.05) is 19.0 Å². The lowest BCUT2D eigenvalue weighted by Gasteiger charge is -2.12. The molecule has 0 aromatic heterocycles. The van der Waals surface area contributed by atoms with Gasteiger partial charge in [-0.15, -0.1) is 0 Å². The Labute approximate surface area is 124 Å². The van der Waals surface area contributed by atoms with Crippen LogP contribution in [0.5, 0.6) is 0 Å². The van der Waals surface area contributed by atoms with Crippen LogP contribution in [0, 0.1) is 29.1 Å². The minimum Gasteiger partial charge on any atom is -0.378 e. The van der Waals surface area contributed by atoms with E-state index >= 15 is 0 Å². The van der Waals surface area contributed by atoms with E-state index in [-0.39, 0.29) is 5.41 Å². The van der Waals surface area contributed by atoms with E-state index in [1.54, 1.807) is 0 Å². The summed E-state index contributed by atoms with van der Waals surface area (Å²) in [4.78, 5) is 0. The Morgan fingerprint density at radius 3 is 2.25 bits per heavy atom. The normalized spacial score (nSPS) is 10.7. The first-order valence-electron chi connectivity index (χ1n) is 7.26. The summed E-state index contributed by atoms with van der Waals surface area (Å²) in [7, 11) is 0. The average Bonchev–Trinajstić information content (AvgIpc) is 2.33. The Bertz CT molecular complexity index is 347. The summed E-state index contributed by atoms with van der Waals surface area (Å²) in [6, 6.07) is 0.504. The Morgan fingerprint density at radius 2 is 1.60 bits per heavy atom. The van der Waals surface area contributed by atoms with Crippen LogP contribution in [0.25, 0.3) is 0 Å². The van der Waals surface area contributed by atoms with Gasteiger partial charge in [-0.25, -0.2) is 0 Å². The standard InChI is InChI=1S/C17H29NO2/c1-16(2)18-11-13-20-15-14-19-12-9-7-6-8-10-17(3,4)5/h16,18H,10-15H2,1-5H3. The highest BCUT2D eigenvalue weighted by Gasteiger charge is 2.06. The minimum atomic E-state index is 0.243. The third-order valence-electron chi connectivity index (χ3n) is 2.20. The van der Waals surface area contributed by atoms with Crippen LogP contribution in [0.15, 0.2) is 0 Å². The molecule has 0 saturated carbocycles. The van der Waals surface area contributed by atoms with E-state index in [0.29, 0.717) is 32.5 Å². The molecule has 0 saturated heterocycles. The summed E-state index contributed by atoms with van der Waals surface area (Å²) < 4.78 is 10.7. The maximum Gasteiger partial charge on any atom is 0.108 e. The third-order valence-corrected chi connectivity index (χ3v) is 2.20. The second kappa shape index (κ2) is 11.8. The molecule has 0 aliphatic carbocycles. The van der Waals surface area contributed by atoms with E-state index in [2.05, 4.69) is 63.6 Å². The van der Waals surface area contributed by atoms with Crippen molar-refractivity contribution in [3.8, 4) is 23.7 Å². The summed E-state index contributed by atoms with van der Waals surface area (Å²) >= 11 is 0. The molecule has 20 heavy (non-hydrogen) atoms. The van der Waals surface area contributed by atoms with Gasteiger partial charge in [0.2, 0.25) is 0 Å². The summed E-state index contributed by atoms with van der Waals surface area (Å²) in [6.45, 7) is 13.9. The van der Waals surface area contributed by atoms with Gasteiger partial charge in [-0.2, -0.15) is 0 Å². The molecule has 0 spiro atoms. The van der Waals surface area contributed by atoms with E-state index in [4.69, 9.17) is 9.47 Å². The van der Waals surface area contributed by atoms with Gasteiger partial charge in [-0.1, -0.05) is 46.5 Å². The predicted molar refractivity (Wildman–Crippen MR) is 84.4 cm³/mol. The van der Waals surface area contributed by atoms with Crippen LogP contribution in [0.2, 0.25) is 0 Å². The fraction of sp³-hybridized carbons (Fsp3) is 0.765. The van der Waals surface area contributed by atoms with E-state index < -0.39 is 0 Å². The van der Waals surface area contributed by atoms with Crippen molar-refractivity contribution in [2.45, 2.75) is 47.1 Å². The fourth-order valence-corrected chi connectivity index (χ4v) is 1.20. The van der Waals surface area contributed by atoms with Crippen LogP contribution < -0.4 is 5.32 Å². The highest BCUT2D eigenvalue weighted by Crippen LogP contribution is 2.16. The second-order valence-corrected chi connectivity index (χ2v) is 6.11. The Morgan fingerprint density at radius 1 is 0.950 bits per heavy atom. The van der Waals surface area contributed by atoms with Gasteiger partial charge in [-0.3, -0.25) is 0 Å². The van der Waals surface area contributed by atoms with Gasteiger partial charge >= 0.3 is 0 Å². The Balaban J connectivity index is 3.37. The Hall–Kier alpha value is -1.000. The second-order valence-electron chi connectivity index (χ2n) is 6.11. The molecule has 114 valence electrons. The van der Waals surface area contributed by atoms with Crippen molar-refractivity contribution in [1.29, 1.82) is 0 Å². The van der Waals surface area contributed by atoms with Gasteiger partial charge < -0.3 is 14.8 Å². The van der Waals surface area contributed by atoms with Gasteiger partial charge in [-0.05, 0) is 17.3 Å². The first-order chi connectivity index (χ1) is 9.42. The number of nitrogens with one attached hydrogen (secondary N) is 1. The monoisotopic (exact) mass is 279 g/mol. The van der Waals surface area contributed by atoms with Crippen molar-refractivity contribution < 1.29 is 9.47 Å². The van der Waals surface area contributed by atoms with E-state index in [9.17, 15) is 0 Å². The van der Waals surface area contributed by atoms with Crippen LogP contribution in [0.1, 0.15) is 41.0 Å². The Kier molecular flexibility index (Phi) is 11.2. The average molecular weight is 279 g/mol. The van der Waals surface area contributed by atoms with Crippen LogP contribution in [-0.4, -0.2) is 39.0 Å². The molecule has 0 aromatic carbocycles. The quantitative estimate of drug-likeness (QED) is 0.547. The highest BCUT2D eigenvalue weighted by molar-refractivity contribution is 5.26. The van der Waals surface area contributed by atoms with Crippen LogP contribution in [0.3, 0.4) is 0 Å². The largest absolute Gasteiger partial charge is 0.378 e. The summed E-state index contributed by atoms with van der Waals surface area (Å²) in [6.07, 6.45) is 0.862. The molecule has 0 fully saturated rings. The van der Waals surface area contributed by atoms with Crippen molar-refractivity contribution in [3.05, 3.63) is 0 Å². The first-order valence-corrected chi connectivity index (χ1v) is 7.26. The molecule has 1 N–H and O–H groups in total. The van der Waals surface area contributed by atoms with E-state index in [1.807, 2.05) is 0 Å². The predicted octanol–water partition coefficient (Wildman–Crippen LogP) is 2.46. The topological polar surface area (TPSA) is 30.5 Å². The third kappa shape index (κ3) is 17.0. The van der Waals surface area contributed by atoms with Gasteiger partial charge in [0.1, 0.15) is 6.61 Å². The van der Waals surface area contributed by atoms with E-state index in [1.165, 1.54) is 0 Å². The summed E-state index contributed by atoms with van der Waals surface area (Å²) in [5.74, 6) is 11.6. The lowest BCUT2D eigenvalue weighted by atomic mass is 9.93. The maximum atomic E-state index is 5.40. The molecular formula is C17H29NO2. The smallest absolute Gasteiger partial charge is 0.108 e. The molecule has 0 aliphatic heterocycles. The molecule has 0 amide bonds. The molecule has 3 nitrogen and oxygen atoms in total. The lowest BCUT2D eigenvalue weighted by molar-refractivity contribution is 0.0608. The van der Waals surface area contributed by atoms with Crippen LogP contribution >= 0.6 is 0 Å². The molecule has 0 rings (SSSR count). The van der Waals surface area contributed by atoms with Crippen molar-refractivity contribution in [2.24, 2.45) is 5.41 Å². The zero-order chi connectivity index (χ0) is 15.3. The van der Waals surface area contributed by atoms with Crippen LogP contribution in [0.4, 0.5) is 0 Å². The van der Waals surface area contributed by atoms with E-state index in [0.717, 1.165) is 13.0 Å². The summed E-state index contributed by atoms with van der Waals surface area (Å²) in [5.41, 5.74) is 0.243. The minimum absolute atomic E-state index is 0.243. The lowest BCUT2D eigenvalue weighted by Crippen LogP contribution is -2.27. The molecule has 0 unspecified atom stereocenters. The van der Waals surface area contributed by atoms with Crippen LogP contribution in [-0.2, 0) is 9.47 Å². The molecule has 0 aromatic rings. The fourth-order valence-electron chi connectivity index (χ4n) is 1.20. The van der Waals surface area contributed by atoms with Gasteiger partial charge in [0.25, 0.3) is 0 Å². The number of hydrogen-bond donors (Lipinski definition) is 1. The molecule has 0 heterocycles. The highest BCUT2D eigenvalue weighted by atomic mass is 16.5. The SMILES string of the molecule is CC(C)NCCOCCOCC#CC#CCC(C)(C)C. The van der Waals surface area contributed by atoms with Gasteiger partial charge in [0.15, 0.2) is 0 Å². The van der Waals surface area contributed by atoms with Crippen molar-refractivity contribution in [1.82, 2.24) is 5.32 Å². The van der Waals surface area contributed by atoms with Crippen molar-refractivity contribution in [3.63, 3.8) is 0 Å². The molecule has 0 atom stereocenters. The molecular weight excluding hydrogens is 250 g/mol. The summed E-state index contributed by atoms with van der Waals surface area (Å²) in [5, 5.41) is 3.28. The molecule has 0 aliphatic rings. The van der Waals surface area contributed by atoms with Crippen molar-refractivity contribution >= 4 is 0 Å². The van der Waals surface area contributed by atoms with Crippen molar-refractivity contribution in [2.75, 3.05) is 33.0 Å².